The first-order chi connectivity index (χ1) is 19.2. The van der Waals surface area contributed by atoms with Crippen molar-refractivity contribution >= 4 is 82.4 Å². The average molecular weight is 751 g/mol. The predicted molar refractivity (Wildman–Crippen MR) is 182 cm³/mol. The summed E-state index contributed by atoms with van der Waals surface area (Å²) in [4.78, 5) is 29.9. The lowest BCUT2D eigenvalue weighted by atomic mass is 10.1. The highest BCUT2D eigenvalue weighted by Crippen LogP contribution is 2.43. The van der Waals surface area contributed by atoms with Gasteiger partial charge in [-0.2, -0.15) is 0 Å². The normalized spacial score (nSPS) is 14.8. The van der Waals surface area contributed by atoms with Crippen LogP contribution in [0.15, 0.2) is 15.9 Å². The van der Waals surface area contributed by atoms with Gasteiger partial charge in [0.1, 0.15) is 18.2 Å². The molecule has 0 saturated carbocycles. The van der Waals surface area contributed by atoms with Crippen LogP contribution < -0.4 is 5.32 Å². The number of alkyl carbamates (subject to hydrolysis) is 1. The SMILES string of the molecule is C/C(Br)=C\[C@@H](Cc1nc(CCC[C@H](NC(=O)OC(C)(C)C)C(=O)OCC(Cl)(Cl)Cl)cs1)O[Si](C(C)C)(C(C)C)C(C)C. The number of hydrogen-bond acceptors (Lipinski definition) is 7. The second-order valence-corrected chi connectivity index (χ2v) is 22.6. The van der Waals surface area contributed by atoms with Crippen molar-refractivity contribution in [2.45, 2.75) is 133 Å². The highest BCUT2D eigenvalue weighted by atomic mass is 79.9. The van der Waals surface area contributed by atoms with Gasteiger partial charge in [-0.25, -0.2) is 14.6 Å². The van der Waals surface area contributed by atoms with Gasteiger partial charge in [0.05, 0.1) is 16.8 Å². The molecule has 1 aromatic heterocycles. The van der Waals surface area contributed by atoms with Gasteiger partial charge in [-0.15, -0.1) is 11.3 Å². The van der Waals surface area contributed by atoms with Gasteiger partial charge in [-0.3, -0.25) is 0 Å². The highest BCUT2D eigenvalue weighted by Gasteiger charge is 2.46. The monoisotopic (exact) mass is 748 g/mol. The van der Waals surface area contributed by atoms with Crippen LogP contribution in [0.1, 0.15) is 92.8 Å². The van der Waals surface area contributed by atoms with Crippen LogP contribution in [0, 0.1) is 0 Å². The molecule has 1 rings (SSSR count). The quantitative estimate of drug-likeness (QED) is 0.109. The van der Waals surface area contributed by atoms with Crippen LogP contribution in [0.25, 0.3) is 0 Å². The molecule has 0 aliphatic carbocycles. The first-order valence-electron chi connectivity index (χ1n) is 14.3. The number of halogens is 4. The molecule has 1 amide bonds. The first kappa shape index (κ1) is 39.7. The number of hydrogen-bond donors (Lipinski definition) is 1. The third-order valence-electron chi connectivity index (χ3n) is 6.73. The van der Waals surface area contributed by atoms with E-state index in [1.807, 2.05) is 12.3 Å². The molecule has 0 unspecified atom stereocenters. The van der Waals surface area contributed by atoms with E-state index in [1.54, 1.807) is 32.1 Å². The van der Waals surface area contributed by atoms with Gasteiger partial charge in [-0.1, -0.05) is 92.3 Å². The molecule has 1 aromatic rings. The Morgan fingerprint density at radius 3 is 2.14 bits per heavy atom. The van der Waals surface area contributed by atoms with Gasteiger partial charge in [0.15, 0.2) is 0 Å². The van der Waals surface area contributed by atoms with Crippen LogP contribution in [0.5, 0.6) is 0 Å². The summed E-state index contributed by atoms with van der Waals surface area (Å²) < 4.78 is 16.8. The second-order valence-electron chi connectivity index (χ2n) is 12.5. The minimum Gasteiger partial charge on any atom is -0.460 e. The summed E-state index contributed by atoms with van der Waals surface area (Å²) in [6.45, 7) is 20.5. The smallest absolute Gasteiger partial charge is 0.408 e. The number of alkyl halides is 3. The molecule has 0 aliphatic heterocycles. The number of aromatic nitrogens is 1. The molecule has 42 heavy (non-hydrogen) atoms. The van der Waals surface area contributed by atoms with E-state index >= 15 is 0 Å². The van der Waals surface area contributed by atoms with Crippen LogP contribution in [0.2, 0.25) is 16.6 Å². The Kier molecular flexibility index (Phi) is 16.4. The minimum atomic E-state index is -2.10. The minimum absolute atomic E-state index is 0.0858. The van der Waals surface area contributed by atoms with E-state index in [9.17, 15) is 9.59 Å². The van der Waals surface area contributed by atoms with Crippen LogP contribution in [0.4, 0.5) is 4.79 Å². The summed E-state index contributed by atoms with van der Waals surface area (Å²) in [6.07, 6.45) is 3.50. The van der Waals surface area contributed by atoms with Gasteiger partial charge in [0, 0.05) is 11.8 Å². The maximum Gasteiger partial charge on any atom is 0.408 e. The number of carbonyl (C=O) groups is 2. The lowest BCUT2D eigenvalue weighted by Crippen LogP contribution is -2.50. The number of aryl methyl sites for hydroxylation is 1. The Morgan fingerprint density at radius 2 is 1.67 bits per heavy atom. The number of esters is 1. The van der Waals surface area contributed by atoms with Crippen molar-refractivity contribution in [1.29, 1.82) is 0 Å². The van der Waals surface area contributed by atoms with Crippen molar-refractivity contribution < 1.29 is 23.5 Å². The maximum atomic E-state index is 12.7. The predicted octanol–water partition coefficient (Wildman–Crippen LogP) is 9.67. The summed E-state index contributed by atoms with van der Waals surface area (Å²) in [5.74, 6) is -0.698. The number of amides is 1. The number of thiazole rings is 1. The van der Waals surface area contributed by atoms with E-state index in [0.29, 0.717) is 42.3 Å². The third-order valence-corrected chi connectivity index (χ3v) is 14.4. The molecule has 0 spiro atoms. The van der Waals surface area contributed by atoms with Crippen molar-refractivity contribution in [3.05, 3.63) is 26.6 Å². The van der Waals surface area contributed by atoms with E-state index in [-0.39, 0.29) is 6.10 Å². The van der Waals surface area contributed by atoms with Crippen molar-refractivity contribution in [1.82, 2.24) is 10.3 Å². The van der Waals surface area contributed by atoms with Gasteiger partial charge in [0.25, 0.3) is 0 Å². The topological polar surface area (TPSA) is 86.8 Å². The molecule has 1 heterocycles. The number of rotatable bonds is 15. The lowest BCUT2D eigenvalue weighted by molar-refractivity contribution is -0.146. The molecule has 0 saturated heterocycles. The van der Waals surface area contributed by atoms with Gasteiger partial charge >= 0.3 is 12.1 Å². The van der Waals surface area contributed by atoms with Crippen LogP contribution in [0.3, 0.4) is 0 Å². The van der Waals surface area contributed by atoms with Gasteiger partial charge in [0.2, 0.25) is 12.1 Å². The molecular formula is C29H48BrCl3N2O5SSi. The zero-order valence-corrected chi connectivity index (χ0v) is 32.2. The fourth-order valence-electron chi connectivity index (χ4n) is 5.23. The maximum absolute atomic E-state index is 12.7. The van der Waals surface area contributed by atoms with Crippen molar-refractivity contribution in [2.75, 3.05) is 6.61 Å². The summed E-state index contributed by atoms with van der Waals surface area (Å²) in [6, 6.07) is -0.962. The largest absolute Gasteiger partial charge is 0.460 e. The fourth-order valence-corrected chi connectivity index (χ4v) is 12.1. The molecule has 7 nitrogen and oxygen atoms in total. The second kappa shape index (κ2) is 17.4. The molecule has 0 aromatic carbocycles. The number of ether oxygens (including phenoxy) is 2. The Labute approximate surface area is 281 Å². The molecule has 242 valence electrons. The van der Waals surface area contributed by atoms with Crippen molar-refractivity contribution in [3.63, 3.8) is 0 Å². The van der Waals surface area contributed by atoms with Gasteiger partial charge < -0.3 is 19.2 Å². The van der Waals surface area contributed by atoms with Crippen LogP contribution >= 0.6 is 62.1 Å². The van der Waals surface area contributed by atoms with E-state index in [0.717, 1.165) is 15.2 Å². The zero-order valence-electron chi connectivity index (χ0n) is 26.5. The number of allylic oxidation sites excluding steroid dienone is 1. The molecule has 13 heteroatoms. The number of carbonyl (C=O) groups excluding carboxylic acids is 2. The summed E-state index contributed by atoms with van der Waals surface area (Å²) >= 11 is 22.4. The Bertz CT molecular complexity index is 1020. The molecule has 0 radical (unpaired) electrons. The van der Waals surface area contributed by atoms with E-state index in [4.69, 9.17) is 53.7 Å². The Morgan fingerprint density at radius 1 is 1.10 bits per heavy atom. The highest BCUT2D eigenvalue weighted by molar-refractivity contribution is 9.11. The third kappa shape index (κ3) is 14.2. The summed E-state index contributed by atoms with van der Waals surface area (Å²) in [7, 11) is -2.10. The van der Waals surface area contributed by atoms with Gasteiger partial charge in [-0.05, 0) is 74.1 Å². The summed E-state index contributed by atoms with van der Waals surface area (Å²) in [5, 5.41) is 5.61. The van der Waals surface area contributed by atoms with E-state index in [1.165, 1.54) is 0 Å². The van der Waals surface area contributed by atoms with Crippen molar-refractivity contribution in [2.24, 2.45) is 0 Å². The zero-order chi connectivity index (χ0) is 32.5. The lowest BCUT2D eigenvalue weighted by Gasteiger charge is -2.44. The van der Waals surface area contributed by atoms with E-state index in [2.05, 4.69) is 68.9 Å². The van der Waals surface area contributed by atoms with Crippen LogP contribution in [-0.4, -0.2) is 53.5 Å². The number of nitrogens with zero attached hydrogens (tertiary/aromatic N) is 1. The van der Waals surface area contributed by atoms with Crippen LogP contribution in [-0.2, 0) is 31.5 Å². The molecule has 0 bridgehead atoms. The standard InChI is InChI=1S/C29H48BrCl3N2O5SSi/c1-18(2)42(19(3)4,20(5)6)40-23(14-21(7)30)15-25-34-22(16-41-25)12-11-13-24(26(36)38-17-29(31,32)33)35-27(37)39-28(8,9)10/h14,16,18-20,23-24H,11-13,15,17H2,1-10H3,(H,35,37)/b21-14+/t23-,24-/m0/s1. The first-order valence-corrected chi connectivity index (χ1v) is 19.3. The molecule has 0 aliphatic rings. The molecule has 2 atom stereocenters. The molecular weight excluding hydrogens is 703 g/mol. The van der Waals surface area contributed by atoms with Crippen molar-refractivity contribution in [3.8, 4) is 0 Å². The summed E-state index contributed by atoms with van der Waals surface area (Å²) in [5.41, 5.74) is 1.61. The fraction of sp³-hybridized carbons (Fsp3) is 0.759. The Hall–Kier alpha value is -0.363. The number of nitrogens with one attached hydrogen (secondary N) is 1. The Balaban J connectivity index is 2.97. The molecule has 1 N–H and O–H groups in total. The average Bonchev–Trinajstić information content (AvgIpc) is 3.24. The van der Waals surface area contributed by atoms with E-state index < -0.39 is 42.4 Å². The molecule has 0 fully saturated rings.